The highest BCUT2D eigenvalue weighted by molar-refractivity contribution is 5.72. The highest BCUT2D eigenvalue weighted by Gasteiger charge is 2.25. The zero-order valence-electron chi connectivity index (χ0n) is 12.2. The van der Waals surface area contributed by atoms with Crippen LogP contribution in [0.2, 0.25) is 0 Å². The van der Waals surface area contributed by atoms with Crippen LogP contribution in [-0.2, 0) is 19.0 Å². The van der Waals surface area contributed by atoms with Crippen molar-refractivity contribution in [3.05, 3.63) is 0 Å². The Labute approximate surface area is 116 Å². The maximum atomic E-state index is 11.6. The molecule has 0 amide bonds. The summed E-state index contributed by atoms with van der Waals surface area (Å²) in [5, 5.41) is 0. The summed E-state index contributed by atoms with van der Waals surface area (Å²) in [6, 6.07) is 0. The molecule has 1 saturated heterocycles. The van der Waals surface area contributed by atoms with Gasteiger partial charge < -0.3 is 19.1 Å². The summed E-state index contributed by atoms with van der Waals surface area (Å²) in [7, 11) is 1.68. The fourth-order valence-electron chi connectivity index (χ4n) is 2.29. The summed E-state index contributed by atoms with van der Waals surface area (Å²) in [5.74, 6) is 0.0826. The minimum absolute atomic E-state index is 0.0231. The van der Waals surface area contributed by atoms with Gasteiger partial charge in [-0.3, -0.25) is 4.79 Å². The molecule has 0 aromatic carbocycles. The van der Waals surface area contributed by atoms with Crippen molar-refractivity contribution in [1.29, 1.82) is 0 Å². The Bertz CT molecular complexity index is 240. The van der Waals surface area contributed by atoms with Crippen molar-refractivity contribution in [2.24, 2.45) is 5.92 Å². The van der Waals surface area contributed by atoms with E-state index in [2.05, 4.69) is 4.90 Å². The zero-order valence-corrected chi connectivity index (χ0v) is 12.2. The van der Waals surface area contributed by atoms with Gasteiger partial charge in [0, 0.05) is 20.3 Å². The first-order valence-corrected chi connectivity index (χ1v) is 7.23. The number of carbonyl (C=O) groups is 1. The van der Waals surface area contributed by atoms with E-state index in [1.807, 2.05) is 6.92 Å². The number of carbonyl (C=O) groups excluding carboxylic acids is 1. The summed E-state index contributed by atoms with van der Waals surface area (Å²) in [6.07, 6.45) is 2.88. The molecule has 1 heterocycles. The highest BCUT2D eigenvalue weighted by Crippen LogP contribution is 2.18. The third kappa shape index (κ3) is 6.89. The summed E-state index contributed by atoms with van der Waals surface area (Å²) < 4.78 is 15.4. The van der Waals surface area contributed by atoms with Crippen LogP contribution >= 0.6 is 0 Å². The zero-order chi connectivity index (χ0) is 13.9. The van der Waals surface area contributed by atoms with Gasteiger partial charge in [-0.05, 0) is 39.3 Å². The molecule has 0 aromatic rings. The van der Waals surface area contributed by atoms with Crippen LogP contribution < -0.4 is 0 Å². The number of piperidine rings is 1. The van der Waals surface area contributed by atoms with E-state index in [1.165, 1.54) is 0 Å². The highest BCUT2D eigenvalue weighted by atomic mass is 16.5. The molecule has 0 aromatic heterocycles. The molecule has 0 bridgehead atoms. The van der Waals surface area contributed by atoms with E-state index >= 15 is 0 Å². The molecule has 1 rings (SSSR count). The number of rotatable bonds is 9. The third-order valence-electron chi connectivity index (χ3n) is 3.40. The van der Waals surface area contributed by atoms with Crippen LogP contribution in [0.5, 0.6) is 0 Å². The van der Waals surface area contributed by atoms with E-state index < -0.39 is 0 Å². The fourth-order valence-corrected chi connectivity index (χ4v) is 2.29. The molecule has 1 aliphatic rings. The van der Waals surface area contributed by atoms with Gasteiger partial charge >= 0.3 is 5.97 Å². The van der Waals surface area contributed by atoms with Gasteiger partial charge in [-0.2, -0.15) is 0 Å². The third-order valence-corrected chi connectivity index (χ3v) is 3.40. The second-order valence-corrected chi connectivity index (χ2v) is 4.83. The van der Waals surface area contributed by atoms with Gasteiger partial charge in [-0.15, -0.1) is 0 Å². The molecule has 0 atom stereocenters. The Morgan fingerprint density at radius 2 is 1.95 bits per heavy atom. The first kappa shape index (κ1) is 16.4. The molecule has 5 heteroatoms. The topological polar surface area (TPSA) is 48.0 Å². The standard InChI is InChI=1S/C14H27NO4/c1-3-19-14(16)13-5-8-15(9-6-13)7-4-10-18-12-11-17-2/h13H,3-12H2,1-2H3. The van der Waals surface area contributed by atoms with E-state index in [0.29, 0.717) is 19.8 Å². The second kappa shape index (κ2) is 10.2. The Hall–Kier alpha value is -0.650. The monoisotopic (exact) mass is 273 g/mol. The van der Waals surface area contributed by atoms with Gasteiger partial charge in [-0.1, -0.05) is 0 Å². The van der Waals surface area contributed by atoms with Gasteiger partial charge in [0.2, 0.25) is 0 Å². The molecule has 19 heavy (non-hydrogen) atoms. The summed E-state index contributed by atoms with van der Waals surface area (Å²) in [6.45, 7) is 7.47. The van der Waals surface area contributed by atoms with Crippen LogP contribution in [0.4, 0.5) is 0 Å². The smallest absolute Gasteiger partial charge is 0.309 e. The van der Waals surface area contributed by atoms with Gasteiger partial charge in [0.25, 0.3) is 0 Å². The van der Waals surface area contributed by atoms with Crippen molar-refractivity contribution in [1.82, 2.24) is 4.90 Å². The van der Waals surface area contributed by atoms with Crippen LogP contribution in [0.15, 0.2) is 0 Å². The van der Waals surface area contributed by atoms with Crippen LogP contribution in [0, 0.1) is 5.92 Å². The normalized spacial score (nSPS) is 17.6. The van der Waals surface area contributed by atoms with Crippen LogP contribution in [0.25, 0.3) is 0 Å². The molecule has 0 saturated carbocycles. The minimum atomic E-state index is -0.0231. The predicted octanol–water partition coefficient (Wildman–Crippen LogP) is 1.31. The molecular formula is C14H27NO4. The summed E-state index contributed by atoms with van der Waals surface area (Å²) in [5.41, 5.74) is 0. The Balaban J connectivity index is 2.02. The fraction of sp³-hybridized carbons (Fsp3) is 0.929. The number of esters is 1. The Morgan fingerprint density at radius 1 is 1.21 bits per heavy atom. The first-order chi connectivity index (χ1) is 9.27. The molecule has 1 fully saturated rings. The maximum absolute atomic E-state index is 11.6. The quantitative estimate of drug-likeness (QED) is 0.468. The summed E-state index contributed by atoms with van der Waals surface area (Å²) >= 11 is 0. The van der Waals surface area contributed by atoms with Crippen molar-refractivity contribution >= 4 is 5.97 Å². The average molecular weight is 273 g/mol. The Kier molecular flexibility index (Phi) is 8.79. The van der Waals surface area contributed by atoms with Gasteiger partial charge in [0.15, 0.2) is 0 Å². The van der Waals surface area contributed by atoms with Gasteiger partial charge in [-0.25, -0.2) is 0 Å². The molecule has 0 radical (unpaired) electrons. The lowest BCUT2D eigenvalue weighted by Crippen LogP contribution is -2.37. The van der Waals surface area contributed by atoms with Crippen molar-refractivity contribution in [2.75, 3.05) is 53.2 Å². The lowest BCUT2D eigenvalue weighted by atomic mass is 9.97. The van der Waals surface area contributed by atoms with E-state index in [9.17, 15) is 4.79 Å². The molecule has 0 unspecified atom stereocenters. The Morgan fingerprint density at radius 3 is 2.58 bits per heavy atom. The van der Waals surface area contributed by atoms with Crippen LogP contribution in [0.1, 0.15) is 26.2 Å². The second-order valence-electron chi connectivity index (χ2n) is 4.83. The number of likely N-dealkylation sites (tertiary alicyclic amines) is 1. The van der Waals surface area contributed by atoms with Crippen molar-refractivity contribution < 1.29 is 19.0 Å². The number of hydrogen-bond acceptors (Lipinski definition) is 5. The van der Waals surface area contributed by atoms with Crippen LogP contribution in [-0.4, -0.2) is 64.0 Å². The number of hydrogen-bond donors (Lipinski definition) is 0. The molecule has 1 aliphatic heterocycles. The van der Waals surface area contributed by atoms with Crippen molar-refractivity contribution in [2.45, 2.75) is 26.2 Å². The molecule has 112 valence electrons. The van der Waals surface area contributed by atoms with E-state index in [1.54, 1.807) is 7.11 Å². The lowest BCUT2D eigenvalue weighted by Gasteiger charge is -2.30. The SMILES string of the molecule is CCOC(=O)C1CCN(CCCOCCOC)CC1. The molecule has 0 N–H and O–H groups in total. The molecule has 0 spiro atoms. The minimum Gasteiger partial charge on any atom is -0.466 e. The number of methoxy groups -OCH3 is 1. The maximum Gasteiger partial charge on any atom is 0.309 e. The molecule has 0 aliphatic carbocycles. The van der Waals surface area contributed by atoms with Crippen molar-refractivity contribution in [3.63, 3.8) is 0 Å². The molecule has 5 nitrogen and oxygen atoms in total. The first-order valence-electron chi connectivity index (χ1n) is 7.23. The summed E-state index contributed by atoms with van der Waals surface area (Å²) in [4.78, 5) is 14.0. The lowest BCUT2D eigenvalue weighted by molar-refractivity contribution is -0.149. The van der Waals surface area contributed by atoms with Gasteiger partial charge in [0.1, 0.15) is 0 Å². The van der Waals surface area contributed by atoms with Gasteiger partial charge in [0.05, 0.1) is 25.7 Å². The van der Waals surface area contributed by atoms with E-state index in [4.69, 9.17) is 14.2 Å². The number of nitrogens with zero attached hydrogens (tertiary/aromatic N) is 1. The average Bonchev–Trinajstić information content (AvgIpc) is 2.43. The largest absolute Gasteiger partial charge is 0.466 e. The predicted molar refractivity (Wildman–Crippen MR) is 73.1 cm³/mol. The van der Waals surface area contributed by atoms with Crippen molar-refractivity contribution in [3.8, 4) is 0 Å². The van der Waals surface area contributed by atoms with E-state index in [0.717, 1.165) is 45.5 Å². The van der Waals surface area contributed by atoms with E-state index in [-0.39, 0.29) is 11.9 Å². The molecular weight excluding hydrogens is 246 g/mol. The number of ether oxygens (including phenoxy) is 3. The van der Waals surface area contributed by atoms with Crippen LogP contribution in [0.3, 0.4) is 0 Å².